The maximum atomic E-state index is 13.3. The molecule has 1 heterocycles. The van der Waals surface area contributed by atoms with Crippen molar-refractivity contribution in [2.75, 3.05) is 11.9 Å². The lowest BCUT2D eigenvalue weighted by atomic mass is 10.0. The van der Waals surface area contributed by atoms with E-state index >= 15 is 0 Å². The van der Waals surface area contributed by atoms with E-state index in [9.17, 15) is 9.59 Å². The number of hydrogen-bond acceptors (Lipinski definition) is 5. The fraction of sp³-hybridized carbons (Fsp3) is 0.171. The van der Waals surface area contributed by atoms with Crippen molar-refractivity contribution in [3.63, 3.8) is 0 Å². The van der Waals surface area contributed by atoms with Crippen LogP contribution in [0.15, 0.2) is 103 Å². The fourth-order valence-corrected chi connectivity index (χ4v) is 4.74. The molecule has 0 spiro atoms. The first-order valence-corrected chi connectivity index (χ1v) is 13.8. The second-order valence-electron chi connectivity index (χ2n) is 9.65. The molecule has 6 heteroatoms. The number of hydrogen-bond donors (Lipinski definition) is 1. The molecule has 1 amide bonds. The number of ether oxygens (including phenoxy) is 2. The van der Waals surface area contributed by atoms with Gasteiger partial charge in [0, 0.05) is 16.6 Å². The number of nitrogens with zero attached hydrogens (tertiary/aromatic N) is 1. The van der Waals surface area contributed by atoms with Gasteiger partial charge in [0.05, 0.1) is 16.8 Å². The summed E-state index contributed by atoms with van der Waals surface area (Å²) in [4.78, 5) is 30.8. The Hall–Kier alpha value is -4.97. The zero-order chi connectivity index (χ0) is 28.6. The third-order valence-corrected chi connectivity index (χ3v) is 6.93. The Balaban J connectivity index is 1.32. The van der Waals surface area contributed by atoms with Crippen molar-refractivity contribution in [2.24, 2.45) is 0 Å². The Morgan fingerprint density at radius 3 is 2.17 bits per heavy atom. The predicted octanol–water partition coefficient (Wildman–Crippen LogP) is 7.40. The van der Waals surface area contributed by atoms with Gasteiger partial charge >= 0.3 is 5.97 Å². The number of rotatable bonds is 10. The number of carbonyl (C=O) groups is 2. The number of benzene rings is 4. The first kappa shape index (κ1) is 27.6. The summed E-state index contributed by atoms with van der Waals surface area (Å²) in [5.41, 5.74) is 6.45. The molecule has 5 rings (SSSR count). The quantitative estimate of drug-likeness (QED) is 0.185. The van der Waals surface area contributed by atoms with Gasteiger partial charge in [-0.2, -0.15) is 0 Å². The molecular formula is C35H32N2O4. The maximum absolute atomic E-state index is 13.3. The number of aryl methyl sites for hydroxylation is 2. The molecule has 5 aromatic rings. The van der Waals surface area contributed by atoms with E-state index in [1.807, 2.05) is 111 Å². The standard InChI is InChI=1S/C35H32N2O4/c1-3-25-13-10-14-26(4-2)34(25)37-33(38)23-41-35(39)30-21-32(36-31-16-9-8-15-29(30)31)27-17-19-28(20-18-27)40-22-24-11-6-5-7-12-24/h5-21H,3-4,22-23H2,1-2H3,(H,37,38). The number of aromatic nitrogens is 1. The van der Waals surface area contributed by atoms with Crippen molar-refractivity contribution < 1.29 is 19.1 Å². The molecule has 0 aliphatic carbocycles. The number of fused-ring (bicyclic) bond motifs is 1. The molecule has 0 bridgehead atoms. The summed E-state index contributed by atoms with van der Waals surface area (Å²) >= 11 is 0. The molecule has 0 radical (unpaired) electrons. The van der Waals surface area contributed by atoms with E-state index in [-0.39, 0.29) is 12.5 Å². The largest absolute Gasteiger partial charge is 0.489 e. The second-order valence-corrected chi connectivity index (χ2v) is 9.65. The molecule has 6 nitrogen and oxygen atoms in total. The molecule has 0 fully saturated rings. The molecule has 0 unspecified atom stereocenters. The van der Waals surface area contributed by atoms with Gasteiger partial charge in [-0.05, 0) is 65.9 Å². The number of amides is 1. The number of pyridine rings is 1. The highest BCUT2D eigenvalue weighted by atomic mass is 16.5. The van der Waals surface area contributed by atoms with Gasteiger partial charge in [0.2, 0.25) is 0 Å². The maximum Gasteiger partial charge on any atom is 0.339 e. The van der Waals surface area contributed by atoms with Crippen LogP contribution in [0, 0.1) is 0 Å². The van der Waals surface area contributed by atoms with Gasteiger partial charge in [-0.1, -0.05) is 80.6 Å². The van der Waals surface area contributed by atoms with Crippen LogP contribution in [-0.2, 0) is 29.0 Å². The van der Waals surface area contributed by atoms with Gasteiger partial charge in [-0.3, -0.25) is 4.79 Å². The Kier molecular flexibility index (Phi) is 8.70. The SMILES string of the molecule is CCc1cccc(CC)c1NC(=O)COC(=O)c1cc(-c2ccc(OCc3ccccc3)cc2)nc2ccccc12. The van der Waals surface area contributed by atoms with E-state index in [2.05, 4.69) is 5.32 Å². The highest BCUT2D eigenvalue weighted by Gasteiger charge is 2.18. The molecule has 1 aromatic heterocycles. The molecule has 1 N–H and O–H groups in total. The molecule has 4 aromatic carbocycles. The van der Waals surface area contributed by atoms with Crippen LogP contribution in [-0.4, -0.2) is 23.5 Å². The van der Waals surface area contributed by atoms with Crippen LogP contribution < -0.4 is 10.1 Å². The highest BCUT2D eigenvalue weighted by molar-refractivity contribution is 6.05. The number of nitrogens with one attached hydrogen (secondary N) is 1. The number of esters is 1. The third-order valence-electron chi connectivity index (χ3n) is 6.93. The van der Waals surface area contributed by atoms with Gasteiger partial charge in [0.1, 0.15) is 12.4 Å². The van der Waals surface area contributed by atoms with Crippen LogP contribution in [0.2, 0.25) is 0 Å². The summed E-state index contributed by atoms with van der Waals surface area (Å²) < 4.78 is 11.4. The number of anilines is 1. The molecular weight excluding hydrogens is 512 g/mol. The number of para-hydroxylation sites is 2. The third kappa shape index (κ3) is 6.61. The normalized spacial score (nSPS) is 10.8. The van der Waals surface area contributed by atoms with Crippen LogP contribution in [0.1, 0.15) is 40.9 Å². The van der Waals surface area contributed by atoms with E-state index in [1.165, 1.54) is 0 Å². The lowest BCUT2D eigenvalue weighted by Crippen LogP contribution is -2.22. The summed E-state index contributed by atoms with van der Waals surface area (Å²) in [6, 6.07) is 32.7. The van der Waals surface area contributed by atoms with Gasteiger partial charge in [-0.15, -0.1) is 0 Å². The van der Waals surface area contributed by atoms with E-state index in [4.69, 9.17) is 14.5 Å². The van der Waals surface area contributed by atoms with Crippen molar-refractivity contribution >= 4 is 28.5 Å². The molecule has 41 heavy (non-hydrogen) atoms. The van der Waals surface area contributed by atoms with Gasteiger partial charge in [-0.25, -0.2) is 9.78 Å². The minimum absolute atomic E-state index is 0.353. The average Bonchev–Trinajstić information content (AvgIpc) is 3.03. The molecule has 0 aliphatic rings. The van der Waals surface area contributed by atoms with Crippen molar-refractivity contribution in [3.05, 3.63) is 125 Å². The summed E-state index contributed by atoms with van der Waals surface area (Å²) in [7, 11) is 0. The van der Waals surface area contributed by atoms with E-state index < -0.39 is 5.97 Å². The van der Waals surface area contributed by atoms with Crippen molar-refractivity contribution in [3.8, 4) is 17.0 Å². The van der Waals surface area contributed by atoms with Gasteiger partial charge in [0.25, 0.3) is 5.91 Å². The smallest absolute Gasteiger partial charge is 0.339 e. The average molecular weight is 545 g/mol. The molecule has 206 valence electrons. The zero-order valence-electron chi connectivity index (χ0n) is 23.2. The molecule has 0 saturated heterocycles. The van der Waals surface area contributed by atoms with E-state index in [1.54, 1.807) is 6.07 Å². The molecule has 0 saturated carbocycles. The molecule has 0 aliphatic heterocycles. The predicted molar refractivity (Wildman–Crippen MR) is 162 cm³/mol. The summed E-state index contributed by atoms with van der Waals surface area (Å²) in [6.07, 6.45) is 1.57. The summed E-state index contributed by atoms with van der Waals surface area (Å²) in [6.45, 7) is 4.17. The highest BCUT2D eigenvalue weighted by Crippen LogP contribution is 2.27. The van der Waals surface area contributed by atoms with Crippen LogP contribution in [0.25, 0.3) is 22.2 Å². The Morgan fingerprint density at radius 1 is 0.780 bits per heavy atom. The van der Waals surface area contributed by atoms with Gasteiger partial charge < -0.3 is 14.8 Å². The van der Waals surface area contributed by atoms with E-state index in [0.29, 0.717) is 28.8 Å². The molecule has 0 atom stereocenters. The van der Waals surface area contributed by atoms with Crippen LogP contribution in [0.3, 0.4) is 0 Å². The second kappa shape index (κ2) is 12.9. The van der Waals surface area contributed by atoms with Crippen molar-refractivity contribution in [2.45, 2.75) is 33.3 Å². The monoisotopic (exact) mass is 544 g/mol. The Morgan fingerprint density at radius 2 is 1.46 bits per heavy atom. The Labute approximate surface area is 240 Å². The first-order chi connectivity index (χ1) is 20.1. The minimum atomic E-state index is -0.581. The zero-order valence-corrected chi connectivity index (χ0v) is 23.2. The lowest BCUT2D eigenvalue weighted by Gasteiger charge is -2.15. The minimum Gasteiger partial charge on any atom is -0.489 e. The van der Waals surface area contributed by atoms with Crippen LogP contribution in [0.5, 0.6) is 5.75 Å². The van der Waals surface area contributed by atoms with Gasteiger partial charge in [0.15, 0.2) is 6.61 Å². The number of carbonyl (C=O) groups excluding carboxylic acids is 2. The first-order valence-electron chi connectivity index (χ1n) is 13.8. The van der Waals surface area contributed by atoms with Crippen molar-refractivity contribution in [1.82, 2.24) is 4.98 Å². The lowest BCUT2D eigenvalue weighted by molar-refractivity contribution is -0.119. The summed E-state index contributed by atoms with van der Waals surface area (Å²) in [5.74, 6) is -0.221. The Bertz CT molecular complexity index is 1640. The van der Waals surface area contributed by atoms with E-state index in [0.717, 1.165) is 46.5 Å². The topological polar surface area (TPSA) is 77.5 Å². The van der Waals surface area contributed by atoms with Crippen molar-refractivity contribution in [1.29, 1.82) is 0 Å². The summed E-state index contributed by atoms with van der Waals surface area (Å²) in [5, 5.41) is 3.61. The van der Waals surface area contributed by atoms with Crippen LogP contribution in [0.4, 0.5) is 5.69 Å². The van der Waals surface area contributed by atoms with Crippen LogP contribution >= 0.6 is 0 Å². The fourth-order valence-electron chi connectivity index (χ4n) is 4.74.